The molecule has 2 aromatic rings. The van der Waals surface area contributed by atoms with Crippen LogP contribution in [-0.2, 0) is 9.59 Å². The molecule has 2 aliphatic heterocycles. The molecule has 0 aliphatic carbocycles. The third kappa shape index (κ3) is 4.02. The molecular weight excluding hydrogens is 404 g/mol. The number of piperazine rings is 1. The van der Waals surface area contributed by atoms with Crippen molar-refractivity contribution < 1.29 is 9.59 Å². The largest absolute Gasteiger partial charge is 0.353 e. The van der Waals surface area contributed by atoms with Crippen molar-refractivity contribution in [2.75, 3.05) is 55.0 Å². The molecule has 1 aromatic carbocycles. The summed E-state index contributed by atoms with van der Waals surface area (Å²) in [6.07, 6.45) is 1.88. The van der Waals surface area contributed by atoms with E-state index in [0.29, 0.717) is 32.0 Å². The number of amides is 1. The van der Waals surface area contributed by atoms with Crippen molar-refractivity contribution in [2.24, 2.45) is 0 Å². The molecule has 0 bridgehead atoms. The maximum Gasteiger partial charge on any atom is 0.223 e. The number of para-hydroxylation sites is 2. The molecule has 0 unspecified atom stereocenters. The van der Waals surface area contributed by atoms with Gasteiger partial charge in [0.05, 0.1) is 11.4 Å². The summed E-state index contributed by atoms with van der Waals surface area (Å²) in [7, 11) is 3.68. The average molecular weight is 431 g/mol. The maximum atomic E-state index is 12.9. The van der Waals surface area contributed by atoms with E-state index in [-0.39, 0.29) is 30.1 Å². The van der Waals surface area contributed by atoms with Gasteiger partial charge in [0.25, 0.3) is 0 Å². The lowest BCUT2D eigenvalue weighted by molar-refractivity contribution is -0.133. The molecule has 2 aliphatic rings. The second-order valence-electron chi connectivity index (χ2n) is 7.90. The Labute approximate surface area is 188 Å². The lowest BCUT2D eigenvalue weighted by Crippen LogP contribution is -2.49. The number of benzene rings is 1. The molecule has 0 spiro atoms. The van der Waals surface area contributed by atoms with E-state index in [2.05, 4.69) is 16.0 Å². The minimum absolute atomic E-state index is 0.0176. The van der Waals surface area contributed by atoms with Crippen molar-refractivity contribution in [1.82, 2.24) is 9.88 Å². The lowest BCUT2D eigenvalue weighted by Gasteiger charge is -2.35. The van der Waals surface area contributed by atoms with Gasteiger partial charge >= 0.3 is 0 Å². The highest BCUT2D eigenvalue weighted by Gasteiger charge is 2.31. The van der Waals surface area contributed by atoms with Crippen LogP contribution in [0.25, 0.3) is 0 Å². The molecule has 1 amide bonds. The molecule has 0 atom stereocenters. The maximum absolute atomic E-state index is 12.9. The summed E-state index contributed by atoms with van der Waals surface area (Å²) in [4.78, 5) is 37.6. The van der Waals surface area contributed by atoms with Gasteiger partial charge in [-0.1, -0.05) is 18.2 Å². The Morgan fingerprint density at radius 3 is 2.12 bits per heavy atom. The van der Waals surface area contributed by atoms with E-state index in [1.54, 1.807) is 11.1 Å². The number of fused-ring (bicyclic) bond motifs is 1. The Bertz CT molecular complexity index is 1050. The predicted octanol–water partition coefficient (Wildman–Crippen LogP) is 2.40. The smallest absolute Gasteiger partial charge is 0.223 e. The quantitative estimate of drug-likeness (QED) is 0.532. The Morgan fingerprint density at radius 1 is 0.938 bits per heavy atom. The molecule has 32 heavy (non-hydrogen) atoms. The molecule has 1 saturated heterocycles. The number of nitriles is 1. The van der Waals surface area contributed by atoms with Gasteiger partial charge in [-0.3, -0.25) is 9.59 Å². The van der Waals surface area contributed by atoms with Gasteiger partial charge in [0.15, 0.2) is 5.78 Å². The number of Topliss-reactive ketones (excluding diaryl/α,β-unsaturated/α-hetero) is 1. The van der Waals surface area contributed by atoms with E-state index in [1.807, 2.05) is 66.4 Å². The van der Waals surface area contributed by atoms with Gasteiger partial charge in [-0.15, -0.1) is 0 Å². The first-order valence-corrected chi connectivity index (χ1v) is 10.7. The fourth-order valence-corrected chi connectivity index (χ4v) is 4.29. The van der Waals surface area contributed by atoms with Crippen LogP contribution in [0.1, 0.15) is 12.8 Å². The number of nitrogens with zero attached hydrogens (tertiary/aromatic N) is 6. The average Bonchev–Trinajstić information content (AvgIpc) is 3.09. The minimum Gasteiger partial charge on any atom is -0.353 e. The van der Waals surface area contributed by atoms with Crippen LogP contribution >= 0.6 is 0 Å². The zero-order valence-electron chi connectivity index (χ0n) is 18.4. The molecule has 8 nitrogen and oxygen atoms in total. The van der Waals surface area contributed by atoms with Crippen LogP contribution in [0.2, 0.25) is 0 Å². The summed E-state index contributed by atoms with van der Waals surface area (Å²) in [6.45, 7) is 2.60. The topological polar surface area (TPSA) is 83.8 Å². The summed E-state index contributed by atoms with van der Waals surface area (Å²) in [5.41, 5.74) is 1.96. The van der Waals surface area contributed by atoms with Gasteiger partial charge in [0, 0.05) is 59.3 Å². The number of hydrogen-bond donors (Lipinski definition) is 0. The van der Waals surface area contributed by atoms with Gasteiger partial charge in [0.1, 0.15) is 23.3 Å². The van der Waals surface area contributed by atoms with E-state index in [4.69, 9.17) is 0 Å². The molecule has 164 valence electrons. The SMILES string of the molecule is CN1C(=C(C#N)C(=O)CCC(=O)N2CCN(c3ccccn3)CC2)N(C)c2ccccc21. The monoisotopic (exact) mass is 430 g/mol. The van der Waals surface area contributed by atoms with Crippen LogP contribution in [0.15, 0.2) is 60.1 Å². The van der Waals surface area contributed by atoms with Crippen molar-refractivity contribution in [3.8, 4) is 6.07 Å². The standard InChI is InChI=1S/C24H26N6O2/c1-27-19-7-3-4-8-20(19)28(2)24(27)18(17-25)21(31)10-11-23(32)30-15-13-29(14-16-30)22-9-5-6-12-26-22/h3-9,12H,10-11,13-16H2,1-2H3. The predicted molar refractivity (Wildman–Crippen MR) is 123 cm³/mol. The fraction of sp³-hybridized carbons (Fsp3) is 0.333. The first-order valence-electron chi connectivity index (χ1n) is 10.7. The molecule has 0 radical (unpaired) electrons. The third-order valence-corrected chi connectivity index (χ3v) is 6.03. The molecule has 0 N–H and O–H groups in total. The first-order chi connectivity index (χ1) is 15.5. The Balaban J connectivity index is 1.37. The minimum atomic E-state index is -0.311. The number of rotatable bonds is 5. The number of carbonyl (C=O) groups excluding carboxylic acids is 2. The van der Waals surface area contributed by atoms with E-state index < -0.39 is 0 Å². The molecule has 0 saturated carbocycles. The zero-order chi connectivity index (χ0) is 22.7. The van der Waals surface area contributed by atoms with Gasteiger partial charge in [-0.05, 0) is 24.3 Å². The number of hydrogen-bond acceptors (Lipinski definition) is 7. The normalized spacial score (nSPS) is 15.5. The number of anilines is 3. The summed E-state index contributed by atoms with van der Waals surface area (Å²) < 4.78 is 0. The third-order valence-electron chi connectivity index (χ3n) is 6.03. The lowest BCUT2D eigenvalue weighted by atomic mass is 10.1. The van der Waals surface area contributed by atoms with Crippen LogP contribution in [-0.4, -0.2) is 61.8 Å². The van der Waals surface area contributed by atoms with Crippen molar-refractivity contribution in [1.29, 1.82) is 5.26 Å². The van der Waals surface area contributed by atoms with Crippen LogP contribution in [0.5, 0.6) is 0 Å². The molecular formula is C24H26N6O2. The Morgan fingerprint density at radius 2 is 1.56 bits per heavy atom. The first kappa shape index (κ1) is 21.4. The van der Waals surface area contributed by atoms with E-state index in [9.17, 15) is 14.9 Å². The zero-order valence-corrected chi connectivity index (χ0v) is 18.4. The fourth-order valence-electron chi connectivity index (χ4n) is 4.29. The van der Waals surface area contributed by atoms with E-state index >= 15 is 0 Å². The number of aromatic nitrogens is 1. The molecule has 3 heterocycles. The summed E-state index contributed by atoms with van der Waals surface area (Å²) in [6, 6.07) is 15.6. The Kier molecular flexibility index (Phi) is 6.08. The highest BCUT2D eigenvalue weighted by molar-refractivity contribution is 6.03. The summed E-state index contributed by atoms with van der Waals surface area (Å²) >= 11 is 0. The van der Waals surface area contributed by atoms with Gasteiger partial charge in [0.2, 0.25) is 5.91 Å². The molecule has 1 aromatic heterocycles. The van der Waals surface area contributed by atoms with E-state index in [0.717, 1.165) is 17.2 Å². The summed E-state index contributed by atoms with van der Waals surface area (Å²) in [5.74, 6) is 1.09. The van der Waals surface area contributed by atoms with Crippen molar-refractivity contribution in [3.63, 3.8) is 0 Å². The molecule has 4 rings (SSSR count). The highest BCUT2D eigenvalue weighted by atomic mass is 16.2. The highest BCUT2D eigenvalue weighted by Crippen LogP contribution is 2.40. The summed E-state index contributed by atoms with van der Waals surface area (Å²) in [5, 5.41) is 9.73. The van der Waals surface area contributed by atoms with Gasteiger partial charge < -0.3 is 19.6 Å². The van der Waals surface area contributed by atoms with Crippen molar-refractivity contribution in [2.45, 2.75) is 12.8 Å². The number of carbonyl (C=O) groups is 2. The second-order valence-corrected chi connectivity index (χ2v) is 7.90. The van der Waals surface area contributed by atoms with Crippen molar-refractivity contribution in [3.05, 3.63) is 60.1 Å². The van der Waals surface area contributed by atoms with Crippen LogP contribution in [0.4, 0.5) is 17.2 Å². The number of allylic oxidation sites excluding steroid dienone is 1. The van der Waals surface area contributed by atoms with Crippen LogP contribution in [0.3, 0.4) is 0 Å². The van der Waals surface area contributed by atoms with Crippen molar-refractivity contribution >= 4 is 28.9 Å². The second kappa shape index (κ2) is 9.10. The molecule has 8 heteroatoms. The van der Waals surface area contributed by atoms with Gasteiger partial charge in [-0.2, -0.15) is 5.26 Å². The van der Waals surface area contributed by atoms with Crippen LogP contribution in [0, 0.1) is 11.3 Å². The number of ketones is 1. The van der Waals surface area contributed by atoms with Gasteiger partial charge in [-0.25, -0.2) is 4.98 Å². The number of pyridine rings is 1. The molecule has 1 fully saturated rings. The van der Waals surface area contributed by atoms with Crippen LogP contribution < -0.4 is 14.7 Å². The Hall–Kier alpha value is -3.86. The van der Waals surface area contributed by atoms with E-state index in [1.165, 1.54) is 0 Å².